The maximum absolute atomic E-state index is 14.0. The number of carbonyl (C=O) groups excluding carboxylic acids is 1. The second kappa shape index (κ2) is 10.0. The summed E-state index contributed by atoms with van der Waals surface area (Å²) in [4.78, 5) is 29.5. The van der Waals surface area contributed by atoms with Crippen molar-refractivity contribution < 1.29 is 18.7 Å². The lowest BCUT2D eigenvalue weighted by molar-refractivity contribution is 0.0971. The number of amides is 1. The van der Waals surface area contributed by atoms with Gasteiger partial charge in [0.15, 0.2) is 16.9 Å². The number of nitrogens with zero attached hydrogens (tertiary/aromatic N) is 1. The molecule has 1 atom stereocenters. The van der Waals surface area contributed by atoms with E-state index in [1.807, 2.05) is 58.0 Å². The van der Waals surface area contributed by atoms with Gasteiger partial charge in [-0.2, -0.15) is 0 Å². The number of rotatable bonds is 7. The molecule has 6 nitrogen and oxygen atoms in total. The van der Waals surface area contributed by atoms with Gasteiger partial charge in [-0.25, -0.2) is 0 Å². The number of carbonyl (C=O) groups is 1. The number of hydrogen-bond donors (Lipinski definition) is 0. The lowest BCUT2D eigenvalue weighted by Crippen LogP contribution is -2.29. The third-order valence-corrected chi connectivity index (χ3v) is 7.27. The highest BCUT2D eigenvalue weighted by Gasteiger charge is 2.44. The van der Waals surface area contributed by atoms with E-state index in [9.17, 15) is 9.59 Å². The van der Waals surface area contributed by atoms with Crippen LogP contribution in [0.4, 0.5) is 5.69 Å². The molecule has 38 heavy (non-hydrogen) atoms. The number of benzene rings is 3. The van der Waals surface area contributed by atoms with E-state index in [2.05, 4.69) is 6.58 Å². The van der Waals surface area contributed by atoms with Crippen LogP contribution in [0.5, 0.6) is 11.5 Å². The van der Waals surface area contributed by atoms with E-state index in [4.69, 9.17) is 25.5 Å². The molecule has 2 heterocycles. The van der Waals surface area contributed by atoms with Crippen LogP contribution < -0.4 is 19.8 Å². The fraction of sp³-hybridized carbons (Fsp3) is 0.226. The minimum Gasteiger partial charge on any atom is -0.490 e. The first kappa shape index (κ1) is 25.6. The van der Waals surface area contributed by atoms with Crippen LogP contribution in [0.3, 0.4) is 0 Å². The molecule has 0 spiro atoms. The van der Waals surface area contributed by atoms with Gasteiger partial charge < -0.3 is 13.9 Å². The average molecular weight is 530 g/mol. The zero-order valence-electron chi connectivity index (χ0n) is 21.8. The second-order valence-electron chi connectivity index (χ2n) is 9.36. The zero-order chi connectivity index (χ0) is 27.1. The van der Waals surface area contributed by atoms with E-state index >= 15 is 0 Å². The molecular weight excluding hydrogens is 502 g/mol. The smallest absolute Gasteiger partial charge is 0.295 e. The zero-order valence-corrected chi connectivity index (χ0v) is 22.5. The standard InChI is InChI=1S/C31H28ClNO5/c1-6-12-37-24-11-9-20(15-26(24)36-7-2)28-27-29(34)22-13-18(4)19(5)14-25(22)38-30(27)31(35)33(28)21-10-8-17(3)23(32)16-21/h6,8-11,13-16,28H,1,7,12H2,2-5H3. The van der Waals surface area contributed by atoms with Crippen LogP contribution in [-0.2, 0) is 0 Å². The lowest BCUT2D eigenvalue weighted by atomic mass is 9.96. The molecule has 1 amide bonds. The normalized spacial score (nSPS) is 14.6. The Kier molecular flexibility index (Phi) is 6.76. The van der Waals surface area contributed by atoms with Crippen molar-refractivity contribution in [2.45, 2.75) is 33.7 Å². The quantitative estimate of drug-likeness (QED) is 0.239. The third-order valence-electron chi connectivity index (χ3n) is 6.86. The maximum atomic E-state index is 14.0. The van der Waals surface area contributed by atoms with Crippen molar-refractivity contribution in [3.63, 3.8) is 0 Å². The summed E-state index contributed by atoms with van der Waals surface area (Å²) in [5.74, 6) is 0.664. The summed E-state index contributed by atoms with van der Waals surface area (Å²) in [5.41, 5.74) is 4.48. The first-order valence-electron chi connectivity index (χ1n) is 12.4. The number of halogens is 1. The van der Waals surface area contributed by atoms with Crippen LogP contribution in [0.25, 0.3) is 11.0 Å². The Morgan fingerprint density at radius 2 is 1.74 bits per heavy atom. The highest BCUT2D eigenvalue weighted by molar-refractivity contribution is 6.31. The van der Waals surface area contributed by atoms with E-state index in [-0.39, 0.29) is 16.8 Å². The average Bonchev–Trinajstić information content (AvgIpc) is 3.18. The molecule has 0 radical (unpaired) electrons. The molecule has 1 aromatic heterocycles. The Morgan fingerprint density at radius 1 is 0.974 bits per heavy atom. The van der Waals surface area contributed by atoms with Crippen LogP contribution in [0.2, 0.25) is 5.02 Å². The van der Waals surface area contributed by atoms with Crippen LogP contribution >= 0.6 is 11.6 Å². The molecule has 0 aliphatic carbocycles. The monoisotopic (exact) mass is 529 g/mol. The molecule has 5 rings (SSSR count). The number of fused-ring (bicyclic) bond motifs is 2. The third kappa shape index (κ3) is 4.25. The van der Waals surface area contributed by atoms with Crippen molar-refractivity contribution in [3.8, 4) is 11.5 Å². The van der Waals surface area contributed by atoms with Gasteiger partial charge in [0.2, 0.25) is 5.76 Å². The molecule has 0 saturated heterocycles. The molecule has 0 fully saturated rings. The van der Waals surface area contributed by atoms with Crippen molar-refractivity contribution in [2.24, 2.45) is 0 Å². The highest BCUT2D eigenvalue weighted by Crippen LogP contribution is 2.44. The summed E-state index contributed by atoms with van der Waals surface area (Å²) in [5, 5.41) is 0.952. The van der Waals surface area contributed by atoms with E-state index in [1.54, 1.807) is 29.2 Å². The number of hydrogen-bond acceptors (Lipinski definition) is 5. The first-order chi connectivity index (χ1) is 18.2. The predicted molar refractivity (Wildman–Crippen MR) is 150 cm³/mol. The fourth-order valence-electron chi connectivity index (χ4n) is 4.77. The fourth-order valence-corrected chi connectivity index (χ4v) is 4.95. The molecule has 1 aliphatic heterocycles. The number of anilines is 1. The van der Waals surface area contributed by atoms with E-state index < -0.39 is 11.9 Å². The van der Waals surface area contributed by atoms with Gasteiger partial charge >= 0.3 is 0 Å². The van der Waals surface area contributed by atoms with Crippen molar-refractivity contribution in [1.82, 2.24) is 0 Å². The van der Waals surface area contributed by atoms with Gasteiger partial charge in [-0.15, -0.1) is 0 Å². The Labute approximate surface area is 226 Å². The van der Waals surface area contributed by atoms with Gasteiger partial charge in [-0.1, -0.05) is 36.4 Å². The molecule has 194 valence electrons. The van der Waals surface area contributed by atoms with Crippen molar-refractivity contribution >= 4 is 34.2 Å². The van der Waals surface area contributed by atoms with Crippen molar-refractivity contribution in [1.29, 1.82) is 0 Å². The van der Waals surface area contributed by atoms with Crippen LogP contribution in [0.1, 0.15) is 51.3 Å². The maximum Gasteiger partial charge on any atom is 0.295 e. The number of ether oxygens (including phenoxy) is 2. The Balaban J connectivity index is 1.78. The van der Waals surface area contributed by atoms with E-state index in [0.29, 0.717) is 52.0 Å². The molecule has 1 aliphatic rings. The summed E-state index contributed by atoms with van der Waals surface area (Å²) >= 11 is 6.46. The molecule has 0 bridgehead atoms. The minimum absolute atomic E-state index is 0.0254. The van der Waals surface area contributed by atoms with Gasteiger partial charge in [-0.3, -0.25) is 14.5 Å². The topological polar surface area (TPSA) is 69.0 Å². The molecule has 1 unspecified atom stereocenters. The Bertz CT molecular complexity index is 1650. The molecule has 0 N–H and O–H groups in total. The largest absolute Gasteiger partial charge is 0.490 e. The Hall–Kier alpha value is -4.03. The number of aryl methyl sites for hydroxylation is 3. The molecule has 4 aromatic rings. The molecule has 0 saturated carbocycles. The summed E-state index contributed by atoms with van der Waals surface area (Å²) in [6.07, 6.45) is 1.65. The Morgan fingerprint density at radius 3 is 2.45 bits per heavy atom. The van der Waals surface area contributed by atoms with Gasteiger partial charge in [0.05, 0.1) is 23.6 Å². The van der Waals surface area contributed by atoms with Gasteiger partial charge in [-0.05, 0) is 86.3 Å². The molecule has 3 aromatic carbocycles. The van der Waals surface area contributed by atoms with Crippen LogP contribution in [-0.4, -0.2) is 19.1 Å². The van der Waals surface area contributed by atoms with Crippen molar-refractivity contribution in [2.75, 3.05) is 18.1 Å². The first-order valence-corrected chi connectivity index (χ1v) is 12.8. The minimum atomic E-state index is -0.758. The SMILES string of the molecule is C=CCOc1ccc(C2c3c(oc4cc(C)c(C)cc4c3=O)C(=O)N2c2ccc(C)c(Cl)c2)cc1OCC. The summed E-state index contributed by atoms with van der Waals surface area (Å²) < 4.78 is 17.8. The lowest BCUT2D eigenvalue weighted by Gasteiger charge is -2.26. The molecular formula is C31H28ClNO5. The van der Waals surface area contributed by atoms with E-state index in [0.717, 1.165) is 16.7 Å². The van der Waals surface area contributed by atoms with Crippen LogP contribution in [0, 0.1) is 20.8 Å². The highest BCUT2D eigenvalue weighted by atomic mass is 35.5. The van der Waals surface area contributed by atoms with Gasteiger partial charge in [0, 0.05) is 10.7 Å². The van der Waals surface area contributed by atoms with Crippen LogP contribution in [0.15, 0.2) is 70.4 Å². The van der Waals surface area contributed by atoms with E-state index in [1.165, 1.54) is 0 Å². The van der Waals surface area contributed by atoms with Gasteiger partial charge in [0.1, 0.15) is 12.2 Å². The summed E-state index contributed by atoms with van der Waals surface area (Å²) in [7, 11) is 0. The van der Waals surface area contributed by atoms with Gasteiger partial charge in [0.25, 0.3) is 5.91 Å². The summed E-state index contributed by atoms with van der Waals surface area (Å²) in [6.45, 7) is 12.1. The predicted octanol–water partition coefficient (Wildman–Crippen LogP) is 7.08. The molecule has 7 heteroatoms. The summed E-state index contributed by atoms with van der Waals surface area (Å²) in [6, 6.07) is 13.7. The second-order valence-corrected chi connectivity index (χ2v) is 9.76. The van der Waals surface area contributed by atoms with Crippen molar-refractivity contribution in [3.05, 3.63) is 110 Å².